The highest BCUT2D eigenvalue weighted by Gasteiger charge is 2.29. The monoisotopic (exact) mass is 278 g/mol. The van der Waals surface area contributed by atoms with Gasteiger partial charge in [-0.3, -0.25) is 4.79 Å². The Labute approximate surface area is 119 Å². The van der Waals surface area contributed by atoms with Crippen molar-refractivity contribution in [1.82, 2.24) is 0 Å². The number of hydrogen-bond acceptors (Lipinski definition) is 4. The molecule has 2 rings (SSSR count). The maximum absolute atomic E-state index is 12.3. The third-order valence-corrected chi connectivity index (χ3v) is 3.99. The minimum Gasteiger partial charge on any atom is -0.504 e. The molecule has 1 fully saturated rings. The molecule has 0 radical (unpaired) electrons. The molecule has 1 aromatic rings. The number of carbonyl (C=O) groups is 1. The number of phenolic OH excluding ortho intramolecular Hbond substituents is 1. The maximum atomic E-state index is 12.3. The van der Waals surface area contributed by atoms with E-state index >= 15 is 0 Å². The summed E-state index contributed by atoms with van der Waals surface area (Å²) in [4.78, 5) is 12.3. The second-order valence-corrected chi connectivity index (χ2v) is 5.26. The first-order chi connectivity index (χ1) is 9.65. The van der Waals surface area contributed by atoms with Crippen LogP contribution in [0.2, 0.25) is 0 Å². The number of rotatable bonds is 4. The van der Waals surface area contributed by atoms with Crippen molar-refractivity contribution in [3.63, 3.8) is 0 Å². The second-order valence-electron chi connectivity index (χ2n) is 5.26. The lowest BCUT2D eigenvalue weighted by molar-refractivity contribution is -0.122. The van der Waals surface area contributed by atoms with Crippen LogP contribution in [-0.2, 0) is 4.79 Å². The molecule has 1 amide bonds. The van der Waals surface area contributed by atoms with Gasteiger partial charge in [0.2, 0.25) is 5.91 Å². The lowest BCUT2D eigenvalue weighted by Gasteiger charge is -2.29. The van der Waals surface area contributed by atoms with E-state index in [0.717, 1.165) is 25.7 Å². The molecule has 0 saturated heterocycles. The molecule has 20 heavy (non-hydrogen) atoms. The first kappa shape index (κ1) is 14.7. The number of amides is 1. The van der Waals surface area contributed by atoms with E-state index in [-0.39, 0.29) is 23.5 Å². The quantitative estimate of drug-likeness (QED) is 0.787. The zero-order valence-electron chi connectivity index (χ0n) is 11.8. The third kappa shape index (κ3) is 3.22. The molecule has 0 aliphatic heterocycles. The van der Waals surface area contributed by atoms with E-state index in [0.29, 0.717) is 18.0 Å². The number of nitrogens with one attached hydrogen (secondary N) is 1. The van der Waals surface area contributed by atoms with Crippen LogP contribution in [0.5, 0.6) is 11.5 Å². The Bertz CT molecular complexity index is 476. The smallest absolute Gasteiger partial charge is 0.227 e. The van der Waals surface area contributed by atoms with E-state index in [9.17, 15) is 9.90 Å². The maximum Gasteiger partial charge on any atom is 0.227 e. The van der Waals surface area contributed by atoms with Crippen LogP contribution >= 0.6 is 0 Å². The third-order valence-electron chi connectivity index (χ3n) is 3.99. The number of carbonyl (C=O) groups excluding carboxylic acids is 1. The van der Waals surface area contributed by atoms with Crippen molar-refractivity contribution in [2.75, 3.05) is 19.0 Å². The second kappa shape index (κ2) is 6.61. The molecule has 110 valence electrons. The van der Waals surface area contributed by atoms with E-state index in [4.69, 9.17) is 10.5 Å². The Balaban J connectivity index is 2.05. The fourth-order valence-electron chi connectivity index (χ4n) is 2.84. The van der Waals surface area contributed by atoms with E-state index < -0.39 is 0 Å². The number of benzene rings is 1. The predicted molar refractivity (Wildman–Crippen MR) is 77.8 cm³/mol. The van der Waals surface area contributed by atoms with Gasteiger partial charge in [-0.05, 0) is 37.4 Å². The van der Waals surface area contributed by atoms with Crippen molar-refractivity contribution in [2.24, 2.45) is 17.6 Å². The van der Waals surface area contributed by atoms with Gasteiger partial charge in [0.25, 0.3) is 0 Å². The van der Waals surface area contributed by atoms with E-state index in [2.05, 4.69) is 5.32 Å². The standard InChI is InChI=1S/C15H22N2O3/c1-20-14-7-6-11(8-13(14)18)17-15(19)12-5-3-2-4-10(12)9-16/h6-8,10,12,18H,2-5,9,16H2,1H3,(H,17,19). The molecule has 4 N–H and O–H groups in total. The Hall–Kier alpha value is -1.75. The molecule has 5 heteroatoms. The summed E-state index contributed by atoms with van der Waals surface area (Å²) in [7, 11) is 1.49. The number of anilines is 1. The molecule has 0 spiro atoms. The summed E-state index contributed by atoms with van der Waals surface area (Å²) < 4.78 is 4.98. The molecule has 5 nitrogen and oxygen atoms in total. The van der Waals surface area contributed by atoms with Crippen molar-refractivity contribution in [1.29, 1.82) is 0 Å². The summed E-state index contributed by atoms with van der Waals surface area (Å²) >= 11 is 0. The number of hydrogen-bond donors (Lipinski definition) is 3. The number of methoxy groups -OCH3 is 1. The molecule has 2 atom stereocenters. The van der Waals surface area contributed by atoms with Gasteiger partial charge in [-0.15, -0.1) is 0 Å². The highest BCUT2D eigenvalue weighted by atomic mass is 16.5. The van der Waals surface area contributed by atoms with Crippen LogP contribution in [0.15, 0.2) is 18.2 Å². The van der Waals surface area contributed by atoms with Crippen LogP contribution in [0.3, 0.4) is 0 Å². The summed E-state index contributed by atoms with van der Waals surface area (Å²) in [5.74, 6) is 0.628. The number of ether oxygens (including phenoxy) is 1. The Morgan fingerprint density at radius 1 is 1.45 bits per heavy atom. The minimum atomic E-state index is -0.0296. The highest BCUT2D eigenvalue weighted by Crippen LogP contribution is 2.32. The van der Waals surface area contributed by atoms with Gasteiger partial charge in [0.1, 0.15) is 0 Å². The lowest BCUT2D eigenvalue weighted by atomic mass is 9.78. The molecule has 0 heterocycles. The van der Waals surface area contributed by atoms with E-state index in [1.54, 1.807) is 12.1 Å². The first-order valence-corrected chi connectivity index (χ1v) is 7.03. The molecule has 1 aromatic carbocycles. The molecule has 1 aliphatic rings. The van der Waals surface area contributed by atoms with Crippen LogP contribution in [0.25, 0.3) is 0 Å². The van der Waals surface area contributed by atoms with Crippen molar-refractivity contribution in [3.05, 3.63) is 18.2 Å². The molecule has 0 bridgehead atoms. The number of nitrogens with two attached hydrogens (primary N) is 1. The number of phenols is 1. The van der Waals surface area contributed by atoms with E-state index in [1.165, 1.54) is 13.2 Å². The zero-order chi connectivity index (χ0) is 14.5. The van der Waals surface area contributed by atoms with Gasteiger partial charge in [-0.25, -0.2) is 0 Å². The molecular formula is C15H22N2O3. The van der Waals surface area contributed by atoms with Gasteiger partial charge < -0.3 is 20.9 Å². The van der Waals surface area contributed by atoms with Crippen LogP contribution in [0.1, 0.15) is 25.7 Å². The summed E-state index contributed by atoms with van der Waals surface area (Å²) in [6, 6.07) is 4.85. The topological polar surface area (TPSA) is 84.6 Å². The summed E-state index contributed by atoms with van der Waals surface area (Å²) in [5.41, 5.74) is 6.33. The zero-order valence-corrected chi connectivity index (χ0v) is 11.8. The van der Waals surface area contributed by atoms with Crippen molar-refractivity contribution in [3.8, 4) is 11.5 Å². The molecule has 1 saturated carbocycles. The fourth-order valence-corrected chi connectivity index (χ4v) is 2.84. The van der Waals surface area contributed by atoms with Crippen molar-refractivity contribution >= 4 is 11.6 Å². The lowest BCUT2D eigenvalue weighted by Crippen LogP contribution is -2.35. The number of aromatic hydroxyl groups is 1. The van der Waals surface area contributed by atoms with Crippen LogP contribution in [0.4, 0.5) is 5.69 Å². The first-order valence-electron chi connectivity index (χ1n) is 7.03. The SMILES string of the molecule is COc1ccc(NC(=O)C2CCCCC2CN)cc1O. The predicted octanol–water partition coefficient (Wildman–Crippen LogP) is 2.10. The van der Waals surface area contributed by atoms with Gasteiger partial charge in [-0.2, -0.15) is 0 Å². The van der Waals surface area contributed by atoms with Crippen molar-refractivity contribution in [2.45, 2.75) is 25.7 Å². The van der Waals surface area contributed by atoms with E-state index in [1.807, 2.05) is 0 Å². The molecular weight excluding hydrogens is 256 g/mol. The van der Waals surface area contributed by atoms with Crippen molar-refractivity contribution < 1.29 is 14.6 Å². The van der Waals surface area contributed by atoms with Gasteiger partial charge in [0.05, 0.1) is 7.11 Å². The average molecular weight is 278 g/mol. The van der Waals surface area contributed by atoms with Gasteiger partial charge in [0.15, 0.2) is 11.5 Å². The normalized spacial score (nSPS) is 22.3. The Kier molecular flexibility index (Phi) is 4.84. The summed E-state index contributed by atoms with van der Waals surface area (Å²) in [6.07, 6.45) is 4.12. The fraction of sp³-hybridized carbons (Fsp3) is 0.533. The largest absolute Gasteiger partial charge is 0.504 e. The molecule has 0 aromatic heterocycles. The molecule has 2 unspecified atom stereocenters. The highest BCUT2D eigenvalue weighted by molar-refractivity contribution is 5.93. The van der Waals surface area contributed by atoms with Gasteiger partial charge >= 0.3 is 0 Å². The summed E-state index contributed by atoms with van der Waals surface area (Å²) in [5, 5.41) is 12.6. The van der Waals surface area contributed by atoms with Crippen LogP contribution in [0, 0.1) is 11.8 Å². The Morgan fingerprint density at radius 2 is 2.20 bits per heavy atom. The molecule has 1 aliphatic carbocycles. The van der Waals surface area contributed by atoms with Crippen LogP contribution in [-0.4, -0.2) is 24.7 Å². The van der Waals surface area contributed by atoms with Gasteiger partial charge in [-0.1, -0.05) is 12.8 Å². The van der Waals surface area contributed by atoms with Crippen LogP contribution < -0.4 is 15.8 Å². The van der Waals surface area contributed by atoms with Gasteiger partial charge in [0, 0.05) is 17.7 Å². The summed E-state index contributed by atoms with van der Waals surface area (Å²) in [6.45, 7) is 0.548. The Morgan fingerprint density at radius 3 is 2.85 bits per heavy atom. The average Bonchev–Trinajstić information content (AvgIpc) is 2.47. The minimum absolute atomic E-state index is 0.00952.